The second-order valence-corrected chi connectivity index (χ2v) is 4.57. The van der Waals surface area contributed by atoms with E-state index >= 15 is 0 Å². The van der Waals surface area contributed by atoms with Crippen LogP contribution >= 0.6 is 0 Å². The highest BCUT2D eigenvalue weighted by atomic mass is 32.2. The SMILES string of the molecule is O=S(=O)(N(F)c1c(F)c(F)nc(F)c1F)C(F)(F)F. The second kappa shape index (κ2) is 4.47. The van der Waals surface area contributed by atoms with Crippen LogP contribution in [0.15, 0.2) is 0 Å². The van der Waals surface area contributed by atoms with Gasteiger partial charge >= 0.3 is 15.5 Å². The van der Waals surface area contributed by atoms with Crippen LogP contribution < -0.4 is 4.53 Å². The summed E-state index contributed by atoms with van der Waals surface area (Å²) in [7, 11) is -6.88. The van der Waals surface area contributed by atoms with Crippen LogP contribution in [0.5, 0.6) is 0 Å². The third-order valence-electron chi connectivity index (χ3n) is 1.65. The molecule has 1 heterocycles. The minimum atomic E-state index is -6.88. The molecule has 13 heteroatoms. The molecule has 1 aromatic heterocycles. The molecule has 0 spiro atoms. The molecule has 0 radical (unpaired) electrons. The van der Waals surface area contributed by atoms with E-state index in [1.807, 2.05) is 4.98 Å². The lowest BCUT2D eigenvalue weighted by atomic mass is 10.4. The summed E-state index contributed by atoms with van der Waals surface area (Å²) in [5.74, 6) is -10.5. The van der Waals surface area contributed by atoms with Crippen LogP contribution in [-0.4, -0.2) is 18.9 Å². The molecule has 4 nitrogen and oxygen atoms in total. The van der Waals surface area contributed by atoms with E-state index in [0.29, 0.717) is 0 Å². The molecule has 19 heavy (non-hydrogen) atoms. The zero-order valence-electron chi connectivity index (χ0n) is 8.14. The average Bonchev–Trinajstić information content (AvgIpc) is 2.25. The van der Waals surface area contributed by atoms with E-state index in [1.165, 1.54) is 0 Å². The number of nitrogens with zero attached hydrogens (tertiary/aromatic N) is 2. The first kappa shape index (κ1) is 15.4. The van der Waals surface area contributed by atoms with Gasteiger partial charge in [-0.25, -0.2) is 0 Å². The van der Waals surface area contributed by atoms with Gasteiger partial charge in [0.05, 0.1) is 0 Å². The summed E-state index contributed by atoms with van der Waals surface area (Å²) in [6.45, 7) is 0. The maximum absolute atomic E-state index is 13.0. The molecule has 0 N–H and O–H groups in total. The van der Waals surface area contributed by atoms with Crippen molar-refractivity contribution in [3.05, 3.63) is 23.5 Å². The Bertz CT molecular complexity index is 586. The summed E-state index contributed by atoms with van der Waals surface area (Å²) in [6, 6.07) is 0. The van der Waals surface area contributed by atoms with Crippen LogP contribution in [0.4, 0.5) is 40.9 Å². The predicted molar refractivity (Wildman–Crippen MR) is 42.6 cm³/mol. The van der Waals surface area contributed by atoms with Gasteiger partial charge in [0.15, 0.2) is 5.69 Å². The van der Waals surface area contributed by atoms with Gasteiger partial charge in [-0.15, -0.1) is 0 Å². The van der Waals surface area contributed by atoms with Crippen LogP contribution in [-0.2, 0) is 10.0 Å². The zero-order chi connectivity index (χ0) is 15.2. The van der Waals surface area contributed by atoms with Gasteiger partial charge in [0.1, 0.15) is 0 Å². The average molecular weight is 316 g/mol. The highest BCUT2D eigenvalue weighted by Gasteiger charge is 2.53. The van der Waals surface area contributed by atoms with Crippen LogP contribution in [0, 0.1) is 23.5 Å². The van der Waals surface area contributed by atoms with Crippen molar-refractivity contribution >= 4 is 15.7 Å². The third kappa shape index (κ3) is 2.41. The number of halogens is 8. The van der Waals surface area contributed by atoms with Gasteiger partial charge in [0, 0.05) is 0 Å². The van der Waals surface area contributed by atoms with Crippen molar-refractivity contribution in [2.45, 2.75) is 5.51 Å². The molecule has 0 aliphatic carbocycles. The molecule has 0 amide bonds. The van der Waals surface area contributed by atoms with Crippen molar-refractivity contribution in [3.8, 4) is 0 Å². The summed E-state index contributed by atoms with van der Waals surface area (Å²) < 4.78 is 118. The summed E-state index contributed by atoms with van der Waals surface area (Å²) in [4.78, 5) is 1.91. The van der Waals surface area contributed by atoms with E-state index in [1.54, 1.807) is 0 Å². The Balaban J connectivity index is 3.57. The summed E-state index contributed by atoms with van der Waals surface area (Å²) in [5, 5.41) is 0. The minimum Gasteiger partial charge on any atom is -0.199 e. The van der Waals surface area contributed by atoms with Crippen LogP contribution in [0.25, 0.3) is 0 Å². The number of anilines is 1. The van der Waals surface area contributed by atoms with Gasteiger partial charge in [0.25, 0.3) is 11.9 Å². The molecular weight excluding hydrogens is 316 g/mol. The Labute approximate surface area is 98.8 Å². The standard InChI is InChI=1S/C6F8N2O2S/c7-1-3(2(8)5(10)15-4(1)9)16(14)19(17,18)6(11,12)13. The monoisotopic (exact) mass is 316 g/mol. The lowest BCUT2D eigenvalue weighted by molar-refractivity contribution is -0.0449. The van der Waals surface area contributed by atoms with Crippen LogP contribution in [0.2, 0.25) is 0 Å². The van der Waals surface area contributed by atoms with E-state index in [0.717, 1.165) is 0 Å². The number of pyridine rings is 1. The highest BCUT2D eigenvalue weighted by molar-refractivity contribution is 7.93. The number of sulfonamides is 1. The number of hydrogen-bond acceptors (Lipinski definition) is 3. The lowest BCUT2D eigenvalue weighted by Gasteiger charge is -2.16. The van der Waals surface area contributed by atoms with E-state index in [2.05, 4.69) is 0 Å². The van der Waals surface area contributed by atoms with Crippen molar-refractivity contribution < 1.29 is 43.6 Å². The van der Waals surface area contributed by atoms with Crippen molar-refractivity contribution in [2.75, 3.05) is 4.53 Å². The van der Waals surface area contributed by atoms with Gasteiger partial charge < -0.3 is 0 Å². The largest absolute Gasteiger partial charge is 0.519 e. The fraction of sp³-hybridized carbons (Fsp3) is 0.167. The Morgan fingerprint density at radius 2 is 1.32 bits per heavy atom. The number of rotatable bonds is 2. The molecule has 0 atom stereocenters. The third-order valence-corrected chi connectivity index (χ3v) is 2.84. The van der Waals surface area contributed by atoms with Crippen molar-refractivity contribution in [1.29, 1.82) is 0 Å². The first-order valence-corrected chi connectivity index (χ1v) is 5.32. The molecule has 0 aliphatic heterocycles. The van der Waals surface area contributed by atoms with E-state index in [4.69, 9.17) is 0 Å². The first-order chi connectivity index (χ1) is 8.41. The lowest BCUT2D eigenvalue weighted by Crippen LogP contribution is -2.37. The molecule has 108 valence electrons. The normalized spacial score (nSPS) is 12.6. The second-order valence-electron chi connectivity index (χ2n) is 2.84. The van der Waals surface area contributed by atoms with Crippen molar-refractivity contribution in [2.24, 2.45) is 0 Å². The molecule has 0 aliphatic rings. The zero-order valence-corrected chi connectivity index (χ0v) is 8.96. The quantitative estimate of drug-likeness (QED) is 0.477. The molecule has 0 aromatic carbocycles. The van der Waals surface area contributed by atoms with E-state index in [9.17, 15) is 43.6 Å². The van der Waals surface area contributed by atoms with E-state index < -0.39 is 49.3 Å². The number of alkyl halides is 3. The minimum absolute atomic E-state index is 1.91. The Morgan fingerprint density at radius 3 is 1.63 bits per heavy atom. The smallest absolute Gasteiger partial charge is 0.199 e. The number of hydrogen-bond donors (Lipinski definition) is 0. The summed E-state index contributed by atoms with van der Waals surface area (Å²) in [5.41, 5.74) is -9.00. The number of aromatic nitrogens is 1. The van der Waals surface area contributed by atoms with Gasteiger partial charge in [0.2, 0.25) is 11.6 Å². The van der Waals surface area contributed by atoms with Crippen LogP contribution in [0.3, 0.4) is 0 Å². The van der Waals surface area contributed by atoms with Gasteiger partial charge in [-0.05, 0) is 0 Å². The maximum Gasteiger partial charge on any atom is 0.519 e. The predicted octanol–water partition coefficient (Wildman–Crippen LogP) is 2.18. The first-order valence-electron chi connectivity index (χ1n) is 3.88. The highest BCUT2D eigenvalue weighted by Crippen LogP contribution is 2.34. The van der Waals surface area contributed by atoms with Gasteiger partial charge in [-0.1, -0.05) is 9.01 Å². The molecule has 1 aromatic rings. The molecule has 0 unspecified atom stereocenters. The fourth-order valence-corrected chi connectivity index (χ4v) is 1.42. The molecule has 0 bridgehead atoms. The van der Waals surface area contributed by atoms with Crippen LogP contribution in [0.1, 0.15) is 0 Å². The Hall–Kier alpha value is -1.66. The van der Waals surface area contributed by atoms with Crippen molar-refractivity contribution in [1.82, 2.24) is 4.98 Å². The Morgan fingerprint density at radius 1 is 0.947 bits per heavy atom. The van der Waals surface area contributed by atoms with Gasteiger partial charge in [-0.2, -0.15) is 44.1 Å². The molecule has 0 saturated heterocycles. The van der Waals surface area contributed by atoms with Crippen molar-refractivity contribution in [3.63, 3.8) is 0 Å². The topological polar surface area (TPSA) is 50.3 Å². The summed E-state index contributed by atoms with van der Waals surface area (Å²) >= 11 is 0. The Kier molecular flexibility index (Phi) is 3.62. The maximum atomic E-state index is 13.0. The molecule has 1 rings (SSSR count). The van der Waals surface area contributed by atoms with Gasteiger partial charge in [-0.3, -0.25) is 0 Å². The summed E-state index contributed by atoms with van der Waals surface area (Å²) in [6.07, 6.45) is 0. The fourth-order valence-electron chi connectivity index (χ4n) is 0.842. The van der Waals surface area contributed by atoms with E-state index in [-0.39, 0.29) is 0 Å². The molecule has 0 saturated carbocycles. The molecule has 0 fully saturated rings. The molecular formula is C6F8N2O2S.